The van der Waals surface area contributed by atoms with Crippen molar-refractivity contribution in [3.8, 4) is 0 Å². The molecule has 0 aromatic carbocycles. The van der Waals surface area contributed by atoms with Gasteiger partial charge in [-0.05, 0) is 30.6 Å². The second-order valence-corrected chi connectivity index (χ2v) is 5.55. The Balaban J connectivity index is 0.000000963. The highest BCUT2D eigenvalue weighted by atomic mass is 35.5. The molecule has 0 bridgehead atoms. The fourth-order valence-electron chi connectivity index (χ4n) is 3.12. The minimum absolute atomic E-state index is 0. The predicted molar refractivity (Wildman–Crippen MR) is 65.6 cm³/mol. The molecule has 3 rings (SSSR count). The molecule has 4 heteroatoms. The molecule has 2 saturated heterocycles. The first-order chi connectivity index (χ1) is 7.25. The fourth-order valence-corrected chi connectivity index (χ4v) is 3.12. The Bertz CT molecular complexity index is 268. The Morgan fingerprint density at radius 2 is 1.81 bits per heavy atom. The van der Waals surface area contributed by atoms with Crippen LogP contribution in [0.25, 0.3) is 0 Å². The van der Waals surface area contributed by atoms with Crippen LogP contribution in [0.1, 0.15) is 19.8 Å². The minimum atomic E-state index is 0. The summed E-state index contributed by atoms with van der Waals surface area (Å²) in [5, 5.41) is 3.41. The highest BCUT2D eigenvalue weighted by Gasteiger charge is 2.41. The smallest absolute Gasteiger partial charge is 0.225 e. The second-order valence-electron chi connectivity index (χ2n) is 5.55. The maximum absolute atomic E-state index is 12.2. The largest absolute Gasteiger partial charge is 0.342 e. The number of rotatable bonds is 2. The zero-order chi connectivity index (χ0) is 10.4. The third kappa shape index (κ3) is 2.07. The molecule has 0 aromatic rings. The Morgan fingerprint density at radius 3 is 2.31 bits per heavy atom. The standard InChI is InChI=1S/C12H20N2O.ClH/c1-8(9-2-3-9)12(15)14-6-10-4-13-5-11(10)7-14;/h8-11,13H,2-7H2,1H3;1H/t8?,10-,11+;. The van der Waals surface area contributed by atoms with Gasteiger partial charge in [0.05, 0.1) is 0 Å². The molecule has 3 atom stereocenters. The third-order valence-corrected chi connectivity index (χ3v) is 4.42. The van der Waals surface area contributed by atoms with E-state index >= 15 is 0 Å². The van der Waals surface area contributed by atoms with E-state index in [1.54, 1.807) is 0 Å². The van der Waals surface area contributed by atoms with Gasteiger partial charge in [0.2, 0.25) is 5.91 Å². The Labute approximate surface area is 103 Å². The van der Waals surface area contributed by atoms with Crippen molar-refractivity contribution >= 4 is 18.3 Å². The summed E-state index contributed by atoms with van der Waals surface area (Å²) >= 11 is 0. The van der Waals surface area contributed by atoms with E-state index in [4.69, 9.17) is 0 Å². The first-order valence-corrected chi connectivity index (χ1v) is 6.25. The number of halogens is 1. The molecule has 1 unspecified atom stereocenters. The lowest BCUT2D eigenvalue weighted by atomic mass is 10.0. The van der Waals surface area contributed by atoms with Gasteiger partial charge >= 0.3 is 0 Å². The minimum Gasteiger partial charge on any atom is -0.342 e. The molecule has 92 valence electrons. The van der Waals surface area contributed by atoms with Crippen molar-refractivity contribution < 1.29 is 4.79 Å². The molecule has 16 heavy (non-hydrogen) atoms. The topological polar surface area (TPSA) is 32.3 Å². The van der Waals surface area contributed by atoms with Gasteiger partial charge in [0.15, 0.2) is 0 Å². The zero-order valence-corrected chi connectivity index (χ0v) is 10.6. The quantitative estimate of drug-likeness (QED) is 0.790. The molecule has 2 heterocycles. The lowest BCUT2D eigenvalue weighted by Crippen LogP contribution is -2.36. The van der Waals surface area contributed by atoms with E-state index in [-0.39, 0.29) is 18.3 Å². The number of likely N-dealkylation sites (tertiary alicyclic amines) is 1. The first-order valence-electron chi connectivity index (χ1n) is 6.25. The molecule has 3 fully saturated rings. The maximum atomic E-state index is 12.2. The van der Waals surface area contributed by atoms with Crippen molar-refractivity contribution in [2.75, 3.05) is 26.2 Å². The molecule has 3 aliphatic rings. The molecule has 3 nitrogen and oxygen atoms in total. The number of hydrogen-bond acceptors (Lipinski definition) is 2. The molecule has 1 amide bonds. The summed E-state index contributed by atoms with van der Waals surface area (Å²) in [5.74, 6) is 2.89. The average Bonchev–Trinajstić information content (AvgIpc) is 2.85. The number of nitrogens with one attached hydrogen (secondary N) is 1. The van der Waals surface area contributed by atoms with Gasteiger partial charge in [-0.25, -0.2) is 0 Å². The van der Waals surface area contributed by atoms with Crippen molar-refractivity contribution in [3.63, 3.8) is 0 Å². The van der Waals surface area contributed by atoms with Gasteiger partial charge in [0.1, 0.15) is 0 Å². The van der Waals surface area contributed by atoms with E-state index in [0.29, 0.717) is 11.8 Å². The number of carbonyl (C=O) groups excluding carboxylic acids is 1. The lowest BCUT2D eigenvalue weighted by molar-refractivity contribution is -0.134. The van der Waals surface area contributed by atoms with Gasteiger partial charge in [-0.15, -0.1) is 12.4 Å². The molecule has 0 spiro atoms. The van der Waals surface area contributed by atoms with E-state index in [1.165, 1.54) is 12.8 Å². The number of amides is 1. The van der Waals surface area contributed by atoms with Crippen LogP contribution in [0.2, 0.25) is 0 Å². The third-order valence-electron chi connectivity index (χ3n) is 4.42. The summed E-state index contributed by atoms with van der Waals surface area (Å²) in [5.41, 5.74) is 0. The van der Waals surface area contributed by atoms with Gasteiger partial charge < -0.3 is 10.2 Å². The number of fused-ring (bicyclic) bond motifs is 1. The van der Waals surface area contributed by atoms with Gasteiger partial charge in [0.25, 0.3) is 0 Å². The number of hydrogen-bond donors (Lipinski definition) is 1. The molecule has 1 aliphatic carbocycles. The van der Waals surface area contributed by atoms with Crippen molar-refractivity contribution in [1.29, 1.82) is 0 Å². The van der Waals surface area contributed by atoms with E-state index in [0.717, 1.165) is 38.0 Å². The monoisotopic (exact) mass is 244 g/mol. The van der Waals surface area contributed by atoms with Crippen LogP contribution < -0.4 is 5.32 Å². The normalized spacial score (nSPS) is 34.4. The number of carbonyl (C=O) groups is 1. The van der Waals surface area contributed by atoms with Gasteiger partial charge in [-0.3, -0.25) is 4.79 Å². The molecule has 1 N–H and O–H groups in total. The van der Waals surface area contributed by atoms with Crippen LogP contribution in [-0.2, 0) is 4.79 Å². The summed E-state index contributed by atoms with van der Waals surface area (Å²) in [6.07, 6.45) is 2.55. The molecule has 1 saturated carbocycles. The Hall–Kier alpha value is -0.280. The number of nitrogens with zero attached hydrogens (tertiary/aromatic N) is 1. The van der Waals surface area contributed by atoms with Gasteiger partial charge in [-0.1, -0.05) is 6.92 Å². The molecule has 0 aromatic heterocycles. The van der Waals surface area contributed by atoms with E-state index in [2.05, 4.69) is 17.1 Å². The molecule has 0 radical (unpaired) electrons. The summed E-state index contributed by atoms with van der Waals surface area (Å²) in [6.45, 7) is 6.37. The van der Waals surface area contributed by atoms with Crippen LogP contribution in [0.15, 0.2) is 0 Å². The highest BCUT2D eigenvalue weighted by Crippen LogP contribution is 2.38. The van der Waals surface area contributed by atoms with E-state index in [9.17, 15) is 4.79 Å². The van der Waals surface area contributed by atoms with E-state index < -0.39 is 0 Å². The van der Waals surface area contributed by atoms with Crippen molar-refractivity contribution in [1.82, 2.24) is 10.2 Å². The highest BCUT2D eigenvalue weighted by molar-refractivity contribution is 5.85. The fraction of sp³-hybridized carbons (Fsp3) is 0.917. The average molecular weight is 245 g/mol. The summed E-state index contributed by atoms with van der Waals surface area (Å²) in [7, 11) is 0. The van der Waals surface area contributed by atoms with Crippen LogP contribution >= 0.6 is 12.4 Å². The van der Waals surface area contributed by atoms with E-state index in [1.807, 2.05) is 0 Å². The van der Waals surface area contributed by atoms with Crippen LogP contribution in [0, 0.1) is 23.7 Å². The van der Waals surface area contributed by atoms with Gasteiger partial charge in [-0.2, -0.15) is 0 Å². The molecular formula is C12H21ClN2O. The zero-order valence-electron chi connectivity index (χ0n) is 9.82. The van der Waals surface area contributed by atoms with Gasteiger partial charge in [0, 0.05) is 32.1 Å². The van der Waals surface area contributed by atoms with Crippen LogP contribution in [0.4, 0.5) is 0 Å². The Morgan fingerprint density at radius 1 is 1.25 bits per heavy atom. The first kappa shape index (κ1) is 12.2. The van der Waals surface area contributed by atoms with Crippen molar-refractivity contribution in [2.45, 2.75) is 19.8 Å². The summed E-state index contributed by atoms with van der Waals surface area (Å²) in [4.78, 5) is 14.3. The van der Waals surface area contributed by atoms with Crippen LogP contribution in [0.3, 0.4) is 0 Å². The summed E-state index contributed by atoms with van der Waals surface area (Å²) in [6, 6.07) is 0. The Kier molecular flexibility index (Phi) is 3.45. The van der Waals surface area contributed by atoms with Crippen LogP contribution in [-0.4, -0.2) is 37.0 Å². The van der Waals surface area contributed by atoms with Crippen LogP contribution in [0.5, 0.6) is 0 Å². The summed E-state index contributed by atoms with van der Waals surface area (Å²) < 4.78 is 0. The van der Waals surface area contributed by atoms with Crippen molar-refractivity contribution in [3.05, 3.63) is 0 Å². The maximum Gasteiger partial charge on any atom is 0.225 e. The lowest BCUT2D eigenvalue weighted by Gasteiger charge is -2.21. The molecule has 2 aliphatic heterocycles. The van der Waals surface area contributed by atoms with Crippen molar-refractivity contribution in [2.24, 2.45) is 23.7 Å². The second kappa shape index (κ2) is 4.53. The molecular weight excluding hydrogens is 224 g/mol. The predicted octanol–water partition coefficient (Wildman–Crippen LogP) is 1.13. The SMILES string of the molecule is CC(C(=O)N1C[C@H]2CNC[C@H]2C1)C1CC1.Cl.